The number of aryl methyl sites for hydroxylation is 2. The Bertz CT molecular complexity index is 1740. The highest BCUT2D eigenvalue weighted by atomic mass is 32.2. The van der Waals surface area contributed by atoms with Crippen molar-refractivity contribution < 1.29 is 31.5 Å². The number of aliphatic hydroxyl groups is 1. The summed E-state index contributed by atoms with van der Waals surface area (Å²) < 4.78 is 64.3. The fraction of sp³-hybridized carbons (Fsp3) is 0.222. The molecule has 2 heterocycles. The van der Waals surface area contributed by atoms with Crippen LogP contribution in [-0.2, 0) is 22.6 Å². The first-order valence-corrected chi connectivity index (χ1v) is 14.5. The number of nitrogens with zero attached hydrogens (tertiary/aromatic N) is 1. The highest BCUT2D eigenvalue weighted by molar-refractivity contribution is 7.90. The smallest absolute Gasteiger partial charge is 0.389 e. The number of alkyl halides is 3. The van der Waals surface area contributed by atoms with Crippen LogP contribution in [-0.4, -0.2) is 35.7 Å². The van der Waals surface area contributed by atoms with Gasteiger partial charge in [0.2, 0.25) is 0 Å². The lowest BCUT2D eigenvalue weighted by Crippen LogP contribution is -2.33. The third-order valence-electron chi connectivity index (χ3n) is 6.18. The lowest BCUT2D eigenvalue weighted by Gasteiger charge is -2.21. The molecule has 0 saturated heterocycles. The maximum absolute atomic E-state index is 13.5. The minimum absolute atomic E-state index is 0.00845. The Kier molecular flexibility index (Phi) is 8.01. The van der Waals surface area contributed by atoms with Gasteiger partial charge in [-0.15, -0.1) is 11.3 Å². The predicted octanol–water partition coefficient (Wildman–Crippen LogP) is 4.55. The van der Waals surface area contributed by atoms with Gasteiger partial charge in [-0.05, 0) is 55.3 Å². The van der Waals surface area contributed by atoms with Gasteiger partial charge in [-0.25, -0.2) is 13.4 Å². The summed E-state index contributed by atoms with van der Waals surface area (Å²) in [5.74, 6) is -0.868. The fourth-order valence-corrected chi connectivity index (χ4v) is 5.61. The Balaban J connectivity index is 1.79. The minimum atomic E-state index is -4.65. The van der Waals surface area contributed by atoms with Crippen molar-refractivity contribution in [1.82, 2.24) is 15.3 Å². The van der Waals surface area contributed by atoms with Gasteiger partial charge in [-0.3, -0.25) is 9.59 Å². The van der Waals surface area contributed by atoms with E-state index in [2.05, 4.69) is 15.3 Å². The highest BCUT2D eigenvalue weighted by Gasteiger charge is 2.32. The average molecular weight is 592 g/mol. The van der Waals surface area contributed by atoms with Crippen molar-refractivity contribution in [2.75, 3.05) is 6.26 Å². The second kappa shape index (κ2) is 11.0. The van der Waals surface area contributed by atoms with E-state index in [1.807, 2.05) is 0 Å². The van der Waals surface area contributed by atoms with Gasteiger partial charge in [0.1, 0.15) is 10.6 Å². The second-order valence-corrected chi connectivity index (χ2v) is 12.4. The number of aromatic nitrogens is 2. The molecule has 0 fully saturated rings. The number of aliphatic hydroxyl groups excluding tert-OH is 1. The summed E-state index contributed by atoms with van der Waals surface area (Å²) >= 11 is 1.26. The summed E-state index contributed by atoms with van der Waals surface area (Å²) in [6, 6.07) is 9.92. The van der Waals surface area contributed by atoms with Crippen LogP contribution in [0.25, 0.3) is 11.3 Å². The van der Waals surface area contributed by atoms with Crippen molar-refractivity contribution in [3.63, 3.8) is 0 Å². The molecule has 0 aliphatic carbocycles. The molecule has 0 spiro atoms. The van der Waals surface area contributed by atoms with Gasteiger partial charge in [0.15, 0.2) is 9.84 Å². The molecule has 13 heteroatoms. The van der Waals surface area contributed by atoms with E-state index in [1.54, 1.807) is 13.8 Å². The third kappa shape index (κ3) is 6.16. The monoisotopic (exact) mass is 591 g/mol. The van der Waals surface area contributed by atoms with Crippen molar-refractivity contribution >= 4 is 27.1 Å². The van der Waals surface area contributed by atoms with Crippen LogP contribution < -0.4 is 10.9 Å². The Morgan fingerprint density at radius 1 is 1.10 bits per heavy atom. The largest absolute Gasteiger partial charge is 0.416 e. The summed E-state index contributed by atoms with van der Waals surface area (Å²) in [5, 5.41) is 12.5. The number of thiazole rings is 1. The number of carbonyl (C=O) groups is 1. The number of hydrogen-bond donors (Lipinski definition) is 3. The van der Waals surface area contributed by atoms with Gasteiger partial charge in [0.25, 0.3) is 11.5 Å². The first-order chi connectivity index (χ1) is 18.7. The fourth-order valence-electron chi connectivity index (χ4n) is 4.18. The number of benzene rings is 2. The van der Waals surface area contributed by atoms with Crippen molar-refractivity contribution in [2.24, 2.45) is 0 Å². The quantitative estimate of drug-likeness (QED) is 0.289. The number of rotatable bonds is 7. The number of H-pyrrole nitrogens is 1. The molecule has 8 nitrogen and oxygen atoms in total. The summed E-state index contributed by atoms with van der Waals surface area (Å²) in [7, 11) is -3.55. The van der Waals surface area contributed by atoms with Gasteiger partial charge in [-0.1, -0.05) is 24.3 Å². The van der Waals surface area contributed by atoms with E-state index in [1.165, 1.54) is 53.8 Å². The van der Waals surface area contributed by atoms with Crippen LogP contribution in [0.1, 0.15) is 48.7 Å². The molecule has 0 bridgehead atoms. The Labute approximate surface area is 231 Å². The van der Waals surface area contributed by atoms with Gasteiger partial charge in [0.05, 0.1) is 28.8 Å². The molecule has 4 rings (SSSR count). The van der Waals surface area contributed by atoms with Crippen molar-refractivity contribution in [3.8, 4) is 11.3 Å². The Hall–Kier alpha value is -3.81. The van der Waals surface area contributed by atoms with Crippen molar-refractivity contribution in [2.45, 2.75) is 37.6 Å². The van der Waals surface area contributed by atoms with Gasteiger partial charge < -0.3 is 15.4 Å². The first-order valence-electron chi connectivity index (χ1n) is 11.8. The van der Waals surface area contributed by atoms with Crippen LogP contribution in [0.3, 0.4) is 0 Å². The number of sulfone groups is 1. The molecular formula is C27H24F3N3O5S2. The van der Waals surface area contributed by atoms with E-state index < -0.39 is 39.1 Å². The zero-order valence-electron chi connectivity index (χ0n) is 21.5. The molecule has 4 aromatic rings. The Morgan fingerprint density at radius 3 is 2.35 bits per heavy atom. The molecule has 210 valence electrons. The first kappa shape index (κ1) is 29.2. The maximum atomic E-state index is 13.5. The second-order valence-electron chi connectivity index (χ2n) is 9.09. The standard InChI is InChI=1S/C27H24F3N3O5S2/c1-14-20(23-15(2)39-22(13-34)32-23)12-21(25(35)31-14)26(36)33-24(16-7-9-19(10-8-16)40(3,37)38)17-5-4-6-18(11-17)27(28,29)30/h4-12,24,34H,13H2,1-3H3,(H,31,35)(H,33,36). The summed E-state index contributed by atoms with van der Waals surface area (Å²) in [5.41, 5.74) is -0.230. The molecule has 2 aromatic carbocycles. The van der Waals surface area contributed by atoms with E-state index >= 15 is 0 Å². The lowest BCUT2D eigenvalue weighted by molar-refractivity contribution is -0.137. The van der Waals surface area contributed by atoms with Crippen LogP contribution >= 0.6 is 11.3 Å². The zero-order valence-corrected chi connectivity index (χ0v) is 23.1. The van der Waals surface area contributed by atoms with Gasteiger partial charge in [-0.2, -0.15) is 13.2 Å². The maximum Gasteiger partial charge on any atom is 0.416 e. The van der Waals surface area contributed by atoms with Crippen LogP contribution in [0.15, 0.2) is 64.3 Å². The number of carbonyl (C=O) groups excluding carboxylic acids is 1. The molecular weight excluding hydrogens is 567 g/mol. The number of amides is 1. The third-order valence-corrected chi connectivity index (χ3v) is 8.26. The van der Waals surface area contributed by atoms with E-state index in [0.29, 0.717) is 27.5 Å². The van der Waals surface area contributed by atoms with Gasteiger partial charge in [0, 0.05) is 22.4 Å². The van der Waals surface area contributed by atoms with Crippen LogP contribution in [0.4, 0.5) is 13.2 Å². The molecule has 1 atom stereocenters. The molecule has 0 aliphatic heterocycles. The minimum Gasteiger partial charge on any atom is -0.389 e. The summed E-state index contributed by atoms with van der Waals surface area (Å²) in [4.78, 5) is 34.0. The predicted molar refractivity (Wildman–Crippen MR) is 144 cm³/mol. The van der Waals surface area contributed by atoms with Crippen molar-refractivity contribution in [3.05, 3.63) is 103 Å². The number of nitrogens with one attached hydrogen (secondary N) is 2. The van der Waals surface area contributed by atoms with Crippen LogP contribution in [0.5, 0.6) is 0 Å². The number of halogens is 3. The molecule has 0 radical (unpaired) electrons. The number of aromatic amines is 1. The molecule has 1 amide bonds. The van der Waals surface area contributed by atoms with E-state index in [-0.39, 0.29) is 22.6 Å². The molecule has 1 unspecified atom stereocenters. The van der Waals surface area contributed by atoms with Crippen LogP contribution in [0.2, 0.25) is 0 Å². The molecule has 0 aliphatic rings. The average Bonchev–Trinajstić information content (AvgIpc) is 3.26. The zero-order chi connectivity index (χ0) is 29.4. The van der Waals surface area contributed by atoms with Crippen molar-refractivity contribution in [1.29, 1.82) is 0 Å². The van der Waals surface area contributed by atoms with E-state index in [9.17, 15) is 36.3 Å². The molecule has 0 saturated carbocycles. The number of hydrogen-bond acceptors (Lipinski definition) is 7. The van der Waals surface area contributed by atoms with Crippen LogP contribution in [0, 0.1) is 13.8 Å². The normalized spacial score (nSPS) is 12.8. The SMILES string of the molecule is Cc1[nH]c(=O)c(C(=O)NC(c2ccc(S(C)(=O)=O)cc2)c2cccc(C(F)(F)F)c2)cc1-c1nc(CO)sc1C. The molecule has 2 aromatic heterocycles. The van der Waals surface area contributed by atoms with E-state index in [4.69, 9.17) is 0 Å². The number of pyridine rings is 1. The lowest BCUT2D eigenvalue weighted by atomic mass is 9.96. The topological polar surface area (TPSA) is 129 Å². The Morgan fingerprint density at radius 2 is 1.77 bits per heavy atom. The molecule has 3 N–H and O–H groups in total. The highest BCUT2D eigenvalue weighted by Crippen LogP contribution is 2.33. The van der Waals surface area contributed by atoms with Gasteiger partial charge >= 0.3 is 6.18 Å². The summed E-state index contributed by atoms with van der Waals surface area (Å²) in [6.45, 7) is 3.13. The molecule has 40 heavy (non-hydrogen) atoms. The van der Waals surface area contributed by atoms with E-state index in [0.717, 1.165) is 23.3 Å². The summed E-state index contributed by atoms with van der Waals surface area (Å²) in [6.07, 6.45) is -3.63.